The van der Waals surface area contributed by atoms with Gasteiger partial charge in [0.2, 0.25) is 0 Å². The van der Waals surface area contributed by atoms with Gasteiger partial charge in [-0.25, -0.2) is 0 Å². The van der Waals surface area contributed by atoms with E-state index in [1.807, 2.05) is 6.07 Å². The molecule has 0 bridgehead atoms. The van der Waals surface area contributed by atoms with Crippen molar-refractivity contribution >= 4 is 21.4 Å². The number of aliphatic hydroxyl groups is 1. The van der Waals surface area contributed by atoms with Crippen LogP contribution >= 0.6 is 11.3 Å². The number of benzene rings is 1. The van der Waals surface area contributed by atoms with Crippen LogP contribution in [-0.2, 0) is 0 Å². The Morgan fingerprint density at radius 3 is 3.07 bits per heavy atom. The van der Waals surface area contributed by atoms with Crippen LogP contribution in [0.25, 0.3) is 10.1 Å². The SMILES string of the molecule is OCCC#Cc1ccc2ccsc2c1. The molecular formula is C12H10OS. The minimum Gasteiger partial charge on any atom is -0.395 e. The molecule has 0 unspecified atom stereocenters. The molecule has 0 fully saturated rings. The van der Waals surface area contributed by atoms with Gasteiger partial charge in [0, 0.05) is 16.7 Å². The maximum Gasteiger partial charge on any atom is 0.0540 e. The normalized spacial score (nSPS) is 9.79. The van der Waals surface area contributed by atoms with Crippen LogP contribution in [0.3, 0.4) is 0 Å². The Hall–Kier alpha value is -1.30. The molecule has 0 radical (unpaired) electrons. The lowest BCUT2D eigenvalue weighted by Crippen LogP contribution is -1.77. The minimum absolute atomic E-state index is 0.133. The molecule has 2 rings (SSSR count). The molecule has 0 spiro atoms. The van der Waals surface area contributed by atoms with E-state index >= 15 is 0 Å². The van der Waals surface area contributed by atoms with Gasteiger partial charge in [0.1, 0.15) is 0 Å². The lowest BCUT2D eigenvalue weighted by Gasteiger charge is -1.90. The first-order chi connectivity index (χ1) is 6.90. The van der Waals surface area contributed by atoms with E-state index in [0.717, 1.165) is 5.56 Å². The molecule has 1 nitrogen and oxygen atoms in total. The van der Waals surface area contributed by atoms with E-state index in [9.17, 15) is 0 Å². The highest BCUT2D eigenvalue weighted by Crippen LogP contribution is 2.21. The average molecular weight is 202 g/mol. The summed E-state index contributed by atoms with van der Waals surface area (Å²) in [6, 6.07) is 8.28. The van der Waals surface area contributed by atoms with Crippen LogP contribution in [0.4, 0.5) is 0 Å². The molecule has 1 aromatic carbocycles. The molecule has 2 heteroatoms. The number of hydrogen-bond donors (Lipinski definition) is 1. The first kappa shape index (κ1) is 9.26. The van der Waals surface area contributed by atoms with E-state index < -0.39 is 0 Å². The van der Waals surface area contributed by atoms with Crippen molar-refractivity contribution in [3.05, 3.63) is 35.2 Å². The third kappa shape index (κ3) is 1.95. The van der Waals surface area contributed by atoms with Crippen LogP contribution in [0.5, 0.6) is 0 Å². The Balaban J connectivity index is 2.31. The Morgan fingerprint density at radius 2 is 2.21 bits per heavy atom. The monoisotopic (exact) mass is 202 g/mol. The predicted molar refractivity (Wildman–Crippen MR) is 60.4 cm³/mol. The summed E-state index contributed by atoms with van der Waals surface area (Å²) >= 11 is 1.72. The van der Waals surface area contributed by atoms with Crippen molar-refractivity contribution in [1.29, 1.82) is 0 Å². The van der Waals surface area contributed by atoms with Crippen LogP contribution in [0.15, 0.2) is 29.6 Å². The van der Waals surface area contributed by atoms with Crippen molar-refractivity contribution in [2.45, 2.75) is 6.42 Å². The number of thiophene rings is 1. The van der Waals surface area contributed by atoms with Crippen LogP contribution < -0.4 is 0 Å². The van der Waals surface area contributed by atoms with Crippen molar-refractivity contribution in [2.24, 2.45) is 0 Å². The van der Waals surface area contributed by atoms with Crippen LogP contribution in [0.1, 0.15) is 12.0 Å². The van der Waals surface area contributed by atoms with Gasteiger partial charge in [-0.2, -0.15) is 0 Å². The van der Waals surface area contributed by atoms with Crippen molar-refractivity contribution in [2.75, 3.05) is 6.61 Å². The zero-order valence-corrected chi connectivity index (χ0v) is 8.47. The number of hydrogen-bond acceptors (Lipinski definition) is 2. The van der Waals surface area contributed by atoms with E-state index in [-0.39, 0.29) is 6.61 Å². The molecule has 70 valence electrons. The van der Waals surface area contributed by atoms with E-state index in [0.29, 0.717) is 6.42 Å². The summed E-state index contributed by atoms with van der Waals surface area (Å²) in [5.74, 6) is 5.94. The Bertz CT molecular complexity index is 487. The van der Waals surface area contributed by atoms with Crippen molar-refractivity contribution in [3.63, 3.8) is 0 Å². The zero-order valence-electron chi connectivity index (χ0n) is 7.66. The largest absolute Gasteiger partial charge is 0.395 e. The maximum absolute atomic E-state index is 8.58. The quantitative estimate of drug-likeness (QED) is 0.705. The highest BCUT2D eigenvalue weighted by Gasteiger charge is 1.94. The number of fused-ring (bicyclic) bond motifs is 1. The van der Waals surface area contributed by atoms with E-state index in [2.05, 4.69) is 35.4 Å². The van der Waals surface area contributed by atoms with Crippen molar-refractivity contribution in [1.82, 2.24) is 0 Å². The molecule has 14 heavy (non-hydrogen) atoms. The summed E-state index contributed by atoms with van der Waals surface area (Å²) in [6.45, 7) is 0.133. The Labute approximate surface area is 87.0 Å². The highest BCUT2D eigenvalue weighted by molar-refractivity contribution is 7.17. The fourth-order valence-electron chi connectivity index (χ4n) is 1.25. The fraction of sp³-hybridized carbons (Fsp3) is 0.167. The van der Waals surface area contributed by atoms with Gasteiger partial charge in [-0.15, -0.1) is 11.3 Å². The van der Waals surface area contributed by atoms with Gasteiger partial charge in [0.25, 0.3) is 0 Å². The van der Waals surface area contributed by atoms with Crippen LogP contribution in [0, 0.1) is 11.8 Å². The van der Waals surface area contributed by atoms with E-state index in [1.54, 1.807) is 11.3 Å². The molecule has 0 amide bonds. The topological polar surface area (TPSA) is 20.2 Å². The second-order valence-electron chi connectivity index (χ2n) is 2.95. The summed E-state index contributed by atoms with van der Waals surface area (Å²) in [6.07, 6.45) is 0.544. The Kier molecular flexibility index (Phi) is 2.83. The van der Waals surface area contributed by atoms with Crippen LogP contribution in [-0.4, -0.2) is 11.7 Å². The third-order valence-electron chi connectivity index (χ3n) is 1.93. The molecule has 0 aliphatic heterocycles. The van der Waals surface area contributed by atoms with Gasteiger partial charge < -0.3 is 5.11 Å². The minimum atomic E-state index is 0.133. The Morgan fingerprint density at radius 1 is 1.29 bits per heavy atom. The fourth-order valence-corrected chi connectivity index (χ4v) is 2.08. The molecular weight excluding hydrogens is 192 g/mol. The second kappa shape index (κ2) is 4.28. The summed E-state index contributed by atoms with van der Waals surface area (Å²) in [5.41, 5.74) is 1.02. The number of rotatable bonds is 1. The lowest BCUT2D eigenvalue weighted by atomic mass is 10.2. The van der Waals surface area contributed by atoms with E-state index in [4.69, 9.17) is 5.11 Å². The molecule has 0 atom stereocenters. The second-order valence-corrected chi connectivity index (χ2v) is 3.90. The molecule has 1 N–H and O–H groups in total. The summed E-state index contributed by atoms with van der Waals surface area (Å²) in [4.78, 5) is 0. The highest BCUT2D eigenvalue weighted by atomic mass is 32.1. The molecule has 1 aromatic heterocycles. The maximum atomic E-state index is 8.58. The van der Waals surface area contributed by atoms with Crippen molar-refractivity contribution < 1.29 is 5.11 Å². The number of aliphatic hydroxyl groups excluding tert-OH is 1. The van der Waals surface area contributed by atoms with Gasteiger partial charge in [-0.3, -0.25) is 0 Å². The van der Waals surface area contributed by atoms with Gasteiger partial charge in [-0.05, 0) is 29.0 Å². The molecule has 0 saturated heterocycles. The molecule has 0 saturated carbocycles. The standard InChI is InChI=1S/C12H10OS/c13-7-2-1-3-10-4-5-11-6-8-14-12(11)9-10/h4-6,8-9,13H,2,7H2. The van der Waals surface area contributed by atoms with Gasteiger partial charge in [0.05, 0.1) is 6.61 Å². The van der Waals surface area contributed by atoms with Gasteiger partial charge in [-0.1, -0.05) is 17.9 Å². The zero-order chi connectivity index (χ0) is 9.80. The summed E-state index contributed by atoms with van der Waals surface area (Å²) in [7, 11) is 0. The smallest absolute Gasteiger partial charge is 0.0540 e. The third-order valence-corrected chi connectivity index (χ3v) is 2.81. The molecule has 0 aliphatic carbocycles. The van der Waals surface area contributed by atoms with Crippen LogP contribution in [0.2, 0.25) is 0 Å². The van der Waals surface area contributed by atoms with Gasteiger partial charge in [0.15, 0.2) is 0 Å². The first-order valence-electron chi connectivity index (χ1n) is 4.47. The molecule has 0 aliphatic rings. The van der Waals surface area contributed by atoms with Gasteiger partial charge >= 0.3 is 0 Å². The first-order valence-corrected chi connectivity index (χ1v) is 5.35. The molecule has 1 heterocycles. The summed E-state index contributed by atoms with van der Waals surface area (Å²) < 4.78 is 1.26. The van der Waals surface area contributed by atoms with E-state index in [1.165, 1.54) is 10.1 Å². The molecule has 2 aromatic rings. The lowest BCUT2D eigenvalue weighted by molar-refractivity contribution is 0.305. The summed E-state index contributed by atoms with van der Waals surface area (Å²) in [5, 5.41) is 11.9. The predicted octanol–water partition coefficient (Wildman–Crippen LogP) is 2.64. The average Bonchev–Trinajstić information content (AvgIpc) is 2.65. The van der Waals surface area contributed by atoms with Crippen molar-refractivity contribution in [3.8, 4) is 11.8 Å².